The van der Waals surface area contributed by atoms with E-state index < -0.39 is 0 Å². The second kappa shape index (κ2) is 5.18. The van der Waals surface area contributed by atoms with E-state index in [2.05, 4.69) is 15.5 Å². The second-order valence-electron chi connectivity index (χ2n) is 4.07. The molecule has 2 rings (SSSR count). The largest absolute Gasteiger partial charge is 0.403 e. The third kappa shape index (κ3) is 2.87. The molecule has 18 heavy (non-hydrogen) atoms. The minimum absolute atomic E-state index is 0.0867. The number of nitrogens with zero attached hydrogens (tertiary/aromatic N) is 2. The third-order valence-corrected chi connectivity index (χ3v) is 2.49. The van der Waals surface area contributed by atoms with Crippen molar-refractivity contribution < 1.29 is 9.21 Å². The zero-order chi connectivity index (χ0) is 13.1. The number of rotatable bonds is 3. The minimum Gasteiger partial charge on any atom is -0.403 e. The van der Waals surface area contributed by atoms with Crippen molar-refractivity contribution in [3.63, 3.8) is 0 Å². The lowest BCUT2D eigenvalue weighted by Gasteiger charge is -2.01. The van der Waals surface area contributed by atoms with Crippen molar-refractivity contribution >= 4 is 23.5 Å². The van der Waals surface area contributed by atoms with E-state index in [4.69, 9.17) is 16.0 Å². The Kier molecular flexibility index (Phi) is 3.62. The molecule has 1 N–H and O–H groups in total. The van der Waals surface area contributed by atoms with E-state index in [1.54, 1.807) is 38.1 Å². The average Bonchev–Trinajstić information content (AvgIpc) is 2.77. The molecule has 0 saturated carbocycles. The van der Waals surface area contributed by atoms with E-state index in [0.717, 1.165) is 0 Å². The zero-order valence-corrected chi connectivity index (χ0v) is 10.7. The van der Waals surface area contributed by atoms with Crippen molar-refractivity contribution in [3.8, 4) is 11.5 Å². The molecule has 0 aliphatic carbocycles. The van der Waals surface area contributed by atoms with Gasteiger partial charge in [0.2, 0.25) is 11.8 Å². The van der Waals surface area contributed by atoms with E-state index in [0.29, 0.717) is 16.5 Å². The van der Waals surface area contributed by atoms with Gasteiger partial charge in [0.1, 0.15) is 0 Å². The summed E-state index contributed by atoms with van der Waals surface area (Å²) in [6, 6.07) is 7.14. The Morgan fingerprint density at radius 1 is 1.39 bits per heavy atom. The molecular weight excluding hydrogens is 254 g/mol. The molecule has 0 unspecified atom stereocenters. The van der Waals surface area contributed by atoms with Crippen LogP contribution in [0.3, 0.4) is 0 Å². The topological polar surface area (TPSA) is 68.0 Å². The number of amides is 1. The van der Waals surface area contributed by atoms with Gasteiger partial charge in [0.25, 0.3) is 0 Å². The van der Waals surface area contributed by atoms with Crippen molar-refractivity contribution in [3.05, 3.63) is 29.3 Å². The molecule has 1 aromatic heterocycles. The van der Waals surface area contributed by atoms with Crippen LogP contribution < -0.4 is 5.32 Å². The van der Waals surface area contributed by atoms with Gasteiger partial charge in [0.15, 0.2) is 0 Å². The molecule has 0 bridgehead atoms. The summed E-state index contributed by atoms with van der Waals surface area (Å²) in [5, 5.41) is 10.7. The predicted octanol–water partition coefficient (Wildman–Crippen LogP) is 2.98. The fourth-order valence-electron chi connectivity index (χ4n) is 1.26. The number of halogens is 1. The summed E-state index contributed by atoms with van der Waals surface area (Å²) in [4.78, 5) is 11.5. The molecule has 0 fully saturated rings. The van der Waals surface area contributed by atoms with Gasteiger partial charge in [0, 0.05) is 16.5 Å². The van der Waals surface area contributed by atoms with Crippen LogP contribution >= 0.6 is 11.6 Å². The lowest BCUT2D eigenvalue weighted by molar-refractivity contribution is -0.119. The Morgan fingerprint density at radius 3 is 2.83 bits per heavy atom. The maximum absolute atomic E-state index is 11.5. The van der Waals surface area contributed by atoms with E-state index in [-0.39, 0.29) is 17.8 Å². The van der Waals surface area contributed by atoms with Crippen LogP contribution in [0.2, 0.25) is 5.02 Å². The minimum atomic E-state index is -0.170. The first-order valence-electron chi connectivity index (χ1n) is 5.46. The van der Waals surface area contributed by atoms with Crippen molar-refractivity contribution in [2.24, 2.45) is 5.92 Å². The van der Waals surface area contributed by atoms with Crippen LogP contribution in [0.1, 0.15) is 13.8 Å². The van der Waals surface area contributed by atoms with Crippen molar-refractivity contribution in [2.75, 3.05) is 5.32 Å². The molecule has 6 heteroatoms. The van der Waals surface area contributed by atoms with Crippen LogP contribution in [0.15, 0.2) is 28.7 Å². The lowest BCUT2D eigenvalue weighted by Crippen LogP contribution is -2.17. The van der Waals surface area contributed by atoms with Crippen molar-refractivity contribution in [1.82, 2.24) is 10.2 Å². The predicted molar refractivity (Wildman–Crippen MR) is 68.2 cm³/mol. The molecule has 0 aliphatic rings. The van der Waals surface area contributed by atoms with E-state index in [9.17, 15) is 4.79 Å². The Balaban J connectivity index is 2.18. The fraction of sp³-hybridized carbons (Fsp3) is 0.250. The highest BCUT2D eigenvalue weighted by Gasteiger charge is 2.13. The molecular formula is C12H12ClN3O2. The van der Waals surface area contributed by atoms with Crippen LogP contribution in [0.25, 0.3) is 11.5 Å². The standard InChI is InChI=1S/C12H12ClN3O2/c1-7(2)10(17)14-12-16-15-11(18-12)8-4-3-5-9(13)6-8/h3-7H,1-2H3,(H,14,16,17). The molecule has 0 atom stereocenters. The normalized spacial score (nSPS) is 10.7. The molecule has 1 heterocycles. The Bertz CT molecular complexity index is 566. The van der Waals surface area contributed by atoms with Crippen LogP contribution in [0.4, 0.5) is 6.01 Å². The van der Waals surface area contributed by atoms with Crippen molar-refractivity contribution in [1.29, 1.82) is 0 Å². The first-order chi connectivity index (χ1) is 8.56. The highest BCUT2D eigenvalue weighted by Crippen LogP contribution is 2.22. The maximum Gasteiger partial charge on any atom is 0.322 e. The summed E-state index contributed by atoms with van der Waals surface area (Å²) in [5.41, 5.74) is 0.708. The number of carbonyl (C=O) groups excluding carboxylic acids is 1. The maximum atomic E-state index is 11.5. The summed E-state index contributed by atoms with van der Waals surface area (Å²) in [5.74, 6) is -0.000583. The summed E-state index contributed by atoms with van der Waals surface area (Å²) in [7, 11) is 0. The number of hydrogen-bond donors (Lipinski definition) is 1. The number of carbonyl (C=O) groups is 1. The average molecular weight is 266 g/mol. The number of anilines is 1. The third-order valence-electron chi connectivity index (χ3n) is 2.25. The SMILES string of the molecule is CC(C)C(=O)Nc1nnc(-c2cccc(Cl)c2)o1. The molecule has 0 saturated heterocycles. The lowest BCUT2D eigenvalue weighted by atomic mass is 10.2. The van der Waals surface area contributed by atoms with Gasteiger partial charge in [-0.3, -0.25) is 10.1 Å². The van der Waals surface area contributed by atoms with Crippen molar-refractivity contribution in [2.45, 2.75) is 13.8 Å². The van der Waals surface area contributed by atoms with Gasteiger partial charge >= 0.3 is 6.01 Å². The molecule has 1 amide bonds. The zero-order valence-electron chi connectivity index (χ0n) is 9.98. The molecule has 5 nitrogen and oxygen atoms in total. The highest BCUT2D eigenvalue weighted by molar-refractivity contribution is 6.30. The van der Waals surface area contributed by atoms with Crippen LogP contribution in [-0.4, -0.2) is 16.1 Å². The number of hydrogen-bond acceptors (Lipinski definition) is 4. The summed E-state index contributed by atoms with van der Waals surface area (Å²) >= 11 is 5.87. The van der Waals surface area contributed by atoms with Crippen LogP contribution in [-0.2, 0) is 4.79 Å². The Morgan fingerprint density at radius 2 is 2.17 bits per heavy atom. The van der Waals surface area contributed by atoms with Gasteiger partial charge in [-0.1, -0.05) is 36.6 Å². The molecule has 2 aromatic rings. The molecule has 0 radical (unpaired) electrons. The van der Waals surface area contributed by atoms with E-state index >= 15 is 0 Å². The number of benzene rings is 1. The molecule has 94 valence electrons. The van der Waals surface area contributed by atoms with Gasteiger partial charge in [-0.2, -0.15) is 0 Å². The summed E-state index contributed by atoms with van der Waals surface area (Å²) in [6.07, 6.45) is 0. The van der Waals surface area contributed by atoms with Gasteiger partial charge < -0.3 is 4.42 Å². The molecule has 1 aromatic carbocycles. The monoisotopic (exact) mass is 265 g/mol. The first kappa shape index (κ1) is 12.6. The summed E-state index contributed by atoms with van der Waals surface area (Å²) < 4.78 is 5.33. The van der Waals surface area contributed by atoms with Crippen LogP contribution in [0, 0.1) is 5.92 Å². The Labute approximate surface area is 109 Å². The van der Waals surface area contributed by atoms with E-state index in [1.807, 2.05) is 0 Å². The Hall–Kier alpha value is -1.88. The molecule has 0 spiro atoms. The van der Waals surface area contributed by atoms with Gasteiger partial charge in [-0.25, -0.2) is 0 Å². The second-order valence-corrected chi connectivity index (χ2v) is 4.50. The first-order valence-corrected chi connectivity index (χ1v) is 5.84. The molecule has 0 aliphatic heterocycles. The quantitative estimate of drug-likeness (QED) is 0.926. The highest BCUT2D eigenvalue weighted by atomic mass is 35.5. The number of aromatic nitrogens is 2. The van der Waals surface area contributed by atoms with Gasteiger partial charge in [-0.05, 0) is 18.2 Å². The number of nitrogens with one attached hydrogen (secondary N) is 1. The smallest absolute Gasteiger partial charge is 0.322 e. The van der Waals surface area contributed by atoms with Gasteiger partial charge in [-0.15, -0.1) is 5.10 Å². The van der Waals surface area contributed by atoms with Crippen LogP contribution in [0.5, 0.6) is 0 Å². The summed E-state index contributed by atoms with van der Waals surface area (Å²) in [6.45, 7) is 3.56. The van der Waals surface area contributed by atoms with E-state index in [1.165, 1.54) is 0 Å². The van der Waals surface area contributed by atoms with Gasteiger partial charge in [0.05, 0.1) is 0 Å². The fourth-order valence-corrected chi connectivity index (χ4v) is 1.45.